The molecule has 1 heterocycles. The van der Waals surface area contributed by atoms with Crippen LogP contribution in [0.25, 0.3) is 10.1 Å². The van der Waals surface area contributed by atoms with Gasteiger partial charge in [0.1, 0.15) is 10.0 Å². The smallest absolute Gasteiger partial charge is 0.252 e. The zero-order valence-electron chi connectivity index (χ0n) is 13.1. The van der Waals surface area contributed by atoms with Crippen molar-refractivity contribution in [2.45, 2.75) is 32.8 Å². The molecule has 2 aromatic rings. The van der Waals surface area contributed by atoms with E-state index >= 15 is 0 Å². The zero-order valence-corrected chi connectivity index (χ0v) is 15.4. The lowest BCUT2D eigenvalue weighted by Gasteiger charge is -2.13. The number of carbonyl (C=O) groups is 2. The SMILES string of the molecule is CC(C)Oc1c(Cl)cc2c(C(N)=O)c(NC(=O)C3CC3)sc2c1Cl. The van der Waals surface area contributed by atoms with Gasteiger partial charge in [-0.15, -0.1) is 11.3 Å². The van der Waals surface area contributed by atoms with Crippen LogP contribution in [-0.4, -0.2) is 17.9 Å². The quantitative estimate of drug-likeness (QED) is 0.796. The molecule has 0 radical (unpaired) electrons. The Hall–Kier alpha value is -1.50. The third-order valence-corrected chi connectivity index (χ3v) is 5.51. The van der Waals surface area contributed by atoms with Gasteiger partial charge in [-0.2, -0.15) is 0 Å². The molecule has 1 fully saturated rings. The Morgan fingerprint density at radius 2 is 2.04 bits per heavy atom. The van der Waals surface area contributed by atoms with Crippen LogP contribution in [0.5, 0.6) is 5.75 Å². The number of halogens is 2. The first kappa shape index (κ1) is 17.3. The van der Waals surface area contributed by atoms with Crippen molar-refractivity contribution in [1.82, 2.24) is 0 Å². The van der Waals surface area contributed by atoms with Crippen molar-refractivity contribution in [3.8, 4) is 5.75 Å². The predicted octanol–water partition coefficient (Wildman–Crippen LogP) is 4.44. The lowest BCUT2D eigenvalue weighted by Crippen LogP contribution is -2.17. The van der Waals surface area contributed by atoms with Crippen molar-refractivity contribution >= 4 is 61.4 Å². The summed E-state index contributed by atoms with van der Waals surface area (Å²) in [5, 5.41) is 4.31. The molecule has 1 saturated carbocycles. The maximum absolute atomic E-state index is 12.1. The Kier molecular flexibility index (Phi) is 4.64. The predicted molar refractivity (Wildman–Crippen MR) is 97.5 cm³/mol. The van der Waals surface area contributed by atoms with Crippen molar-refractivity contribution in [1.29, 1.82) is 0 Å². The number of anilines is 1. The monoisotopic (exact) mass is 386 g/mol. The summed E-state index contributed by atoms with van der Waals surface area (Å²) in [5.74, 6) is -0.380. The van der Waals surface area contributed by atoms with E-state index in [4.69, 9.17) is 33.7 Å². The third kappa shape index (κ3) is 3.18. The van der Waals surface area contributed by atoms with E-state index in [-0.39, 0.29) is 23.5 Å². The minimum atomic E-state index is -0.642. The molecule has 0 saturated heterocycles. The summed E-state index contributed by atoms with van der Waals surface area (Å²) in [5.41, 5.74) is 5.74. The molecule has 3 rings (SSSR count). The van der Waals surface area contributed by atoms with Gasteiger partial charge < -0.3 is 15.8 Å². The molecular formula is C16H16Cl2N2O3S. The van der Waals surface area contributed by atoms with Gasteiger partial charge in [0.05, 0.1) is 21.4 Å². The first-order chi connectivity index (χ1) is 11.3. The maximum Gasteiger partial charge on any atom is 0.252 e. The van der Waals surface area contributed by atoms with Gasteiger partial charge in [-0.3, -0.25) is 9.59 Å². The van der Waals surface area contributed by atoms with Gasteiger partial charge in [0, 0.05) is 11.3 Å². The summed E-state index contributed by atoms with van der Waals surface area (Å²) < 4.78 is 6.27. The van der Waals surface area contributed by atoms with Crippen LogP contribution in [-0.2, 0) is 4.79 Å². The fourth-order valence-corrected chi connectivity index (χ4v) is 4.16. The maximum atomic E-state index is 12.1. The van der Waals surface area contributed by atoms with Gasteiger partial charge in [-0.05, 0) is 32.8 Å². The number of primary amides is 1. The van der Waals surface area contributed by atoms with Crippen LogP contribution >= 0.6 is 34.5 Å². The summed E-state index contributed by atoms with van der Waals surface area (Å²) in [6, 6.07) is 1.60. The number of carbonyl (C=O) groups excluding carboxylic acids is 2. The largest absolute Gasteiger partial charge is 0.488 e. The normalized spacial score (nSPS) is 14.2. The van der Waals surface area contributed by atoms with E-state index < -0.39 is 5.91 Å². The molecule has 5 nitrogen and oxygen atoms in total. The van der Waals surface area contributed by atoms with E-state index in [2.05, 4.69) is 5.32 Å². The lowest BCUT2D eigenvalue weighted by atomic mass is 10.1. The van der Waals surface area contributed by atoms with E-state index in [0.717, 1.165) is 12.8 Å². The zero-order chi connectivity index (χ0) is 17.6. The second-order valence-electron chi connectivity index (χ2n) is 5.98. The lowest BCUT2D eigenvalue weighted by molar-refractivity contribution is -0.117. The van der Waals surface area contributed by atoms with Gasteiger partial charge in [0.15, 0.2) is 5.75 Å². The molecule has 1 aliphatic rings. The molecular weight excluding hydrogens is 371 g/mol. The number of hydrogen-bond donors (Lipinski definition) is 2. The van der Waals surface area contributed by atoms with E-state index in [1.54, 1.807) is 6.07 Å². The van der Waals surface area contributed by atoms with E-state index in [1.165, 1.54) is 11.3 Å². The minimum Gasteiger partial charge on any atom is -0.488 e. The number of rotatable bonds is 5. The molecule has 0 atom stereocenters. The topological polar surface area (TPSA) is 81.4 Å². The molecule has 0 aliphatic heterocycles. The Labute approximate surface area is 153 Å². The van der Waals surface area contributed by atoms with Gasteiger partial charge in [-0.25, -0.2) is 0 Å². The average Bonchev–Trinajstić information content (AvgIpc) is 3.26. The highest BCUT2D eigenvalue weighted by Gasteiger charge is 2.31. The van der Waals surface area contributed by atoms with Gasteiger partial charge in [0.25, 0.3) is 5.91 Å². The highest BCUT2D eigenvalue weighted by atomic mass is 35.5. The molecule has 0 unspecified atom stereocenters. The summed E-state index contributed by atoms with van der Waals surface area (Å²) in [6.07, 6.45) is 1.62. The number of hydrogen-bond acceptors (Lipinski definition) is 4. The molecule has 1 aromatic carbocycles. The van der Waals surface area contributed by atoms with Crippen LogP contribution in [0, 0.1) is 5.92 Å². The molecule has 128 valence electrons. The fraction of sp³-hybridized carbons (Fsp3) is 0.375. The molecule has 24 heavy (non-hydrogen) atoms. The van der Waals surface area contributed by atoms with Gasteiger partial charge in [0.2, 0.25) is 5.91 Å². The fourth-order valence-electron chi connectivity index (χ4n) is 2.38. The average molecular weight is 387 g/mol. The first-order valence-corrected chi connectivity index (χ1v) is 9.08. The minimum absolute atomic E-state index is 0.00911. The first-order valence-electron chi connectivity index (χ1n) is 7.51. The van der Waals surface area contributed by atoms with E-state index in [9.17, 15) is 9.59 Å². The Morgan fingerprint density at radius 3 is 2.58 bits per heavy atom. The highest BCUT2D eigenvalue weighted by molar-refractivity contribution is 7.24. The molecule has 1 aromatic heterocycles. The van der Waals surface area contributed by atoms with Crippen LogP contribution in [0.15, 0.2) is 6.07 Å². The molecule has 2 amide bonds. The van der Waals surface area contributed by atoms with Crippen molar-refractivity contribution in [3.05, 3.63) is 21.7 Å². The Balaban J connectivity index is 2.15. The van der Waals surface area contributed by atoms with Crippen molar-refractivity contribution < 1.29 is 14.3 Å². The summed E-state index contributed by atoms with van der Waals surface area (Å²) in [4.78, 5) is 24.0. The summed E-state index contributed by atoms with van der Waals surface area (Å²) in [7, 11) is 0. The van der Waals surface area contributed by atoms with Crippen LogP contribution in [0.1, 0.15) is 37.0 Å². The van der Waals surface area contributed by atoms with E-state index in [1.807, 2.05) is 13.8 Å². The molecule has 8 heteroatoms. The van der Waals surface area contributed by atoms with E-state index in [0.29, 0.717) is 30.9 Å². The standard InChI is InChI=1S/C16H16Cl2N2O3S/c1-6(2)23-12-9(17)5-8-10(14(19)21)16(24-13(8)11(12)18)20-15(22)7-3-4-7/h5-7H,3-4H2,1-2H3,(H2,19,21)(H,20,22). The number of amides is 2. The van der Waals surface area contributed by atoms with Crippen molar-refractivity contribution in [2.24, 2.45) is 11.7 Å². The van der Waals surface area contributed by atoms with Gasteiger partial charge >= 0.3 is 0 Å². The highest BCUT2D eigenvalue weighted by Crippen LogP contribution is 2.47. The molecule has 1 aliphatic carbocycles. The summed E-state index contributed by atoms with van der Waals surface area (Å²) >= 11 is 13.9. The van der Waals surface area contributed by atoms with Gasteiger partial charge in [-0.1, -0.05) is 23.2 Å². The number of nitrogens with one attached hydrogen (secondary N) is 1. The number of benzene rings is 1. The number of fused-ring (bicyclic) bond motifs is 1. The number of ether oxygens (including phenoxy) is 1. The summed E-state index contributed by atoms with van der Waals surface area (Å²) in [6.45, 7) is 3.73. The van der Waals surface area contributed by atoms with Crippen LogP contribution in [0.3, 0.4) is 0 Å². The number of thiophene rings is 1. The van der Waals surface area contributed by atoms with Crippen molar-refractivity contribution in [3.63, 3.8) is 0 Å². The van der Waals surface area contributed by atoms with Crippen LogP contribution in [0.4, 0.5) is 5.00 Å². The Morgan fingerprint density at radius 1 is 1.38 bits per heavy atom. The van der Waals surface area contributed by atoms with Crippen LogP contribution in [0.2, 0.25) is 10.0 Å². The Bertz CT molecular complexity index is 844. The molecule has 0 bridgehead atoms. The van der Waals surface area contributed by atoms with Crippen LogP contribution < -0.4 is 15.8 Å². The number of nitrogens with two attached hydrogens (primary N) is 1. The molecule has 0 spiro atoms. The van der Waals surface area contributed by atoms with Crippen molar-refractivity contribution in [2.75, 3.05) is 5.32 Å². The second-order valence-corrected chi connectivity index (χ2v) is 7.78. The molecule has 3 N–H and O–H groups in total. The second kappa shape index (κ2) is 6.43. The third-order valence-electron chi connectivity index (χ3n) is 3.62.